The van der Waals surface area contributed by atoms with Gasteiger partial charge in [0.05, 0.1) is 7.11 Å². The average molecular weight is 294 g/mol. The first-order valence-electron chi connectivity index (χ1n) is 6.90. The number of nitrogens with one attached hydrogen (secondary N) is 1. The van der Waals surface area contributed by atoms with Crippen LogP contribution in [0.25, 0.3) is 0 Å². The highest BCUT2D eigenvalue weighted by molar-refractivity contribution is 5.91. The second kappa shape index (κ2) is 8.97. The Morgan fingerprint density at radius 2 is 1.95 bits per heavy atom. The number of hydrogen-bond donors (Lipinski definition) is 2. The lowest BCUT2D eigenvalue weighted by molar-refractivity contribution is -0.142. The number of carbonyl (C=O) groups is 2. The Morgan fingerprint density at radius 3 is 2.52 bits per heavy atom. The lowest BCUT2D eigenvalue weighted by Crippen LogP contribution is -2.26. The molecule has 0 spiro atoms. The lowest BCUT2D eigenvalue weighted by atomic mass is 10.1. The van der Waals surface area contributed by atoms with Gasteiger partial charge in [-0.25, -0.2) is 4.79 Å². The number of esters is 1. The minimum absolute atomic E-state index is 0.112. The fourth-order valence-corrected chi connectivity index (χ4v) is 1.76. The minimum atomic E-state index is -0.447. The molecule has 0 aliphatic heterocycles. The summed E-state index contributed by atoms with van der Waals surface area (Å²) < 4.78 is 9.68. The summed E-state index contributed by atoms with van der Waals surface area (Å²) in [5.74, 6) is -0.0300. The zero-order chi connectivity index (χ0) is 15.7. The van der Waals surface area contributed by atoms with E-state index in [1.54, 1.807) is 24.3 Å². The number of rotatable bonds is 8. The molecule has 6 nitrogen and oxygen atoms in total. The second-order valence-corrected chi connectivity index (χ2v) is 4.69. The van der Waals surface area contributed by atoms with Crippen LogP contribution in [-0.2, 0) is 14.3 Å². The van der Waals surface area contributed by atoms with E-state index in [1.165, 1.54) is 7.11 Å². The summed E-state index contributed by atoms with van der Waals surface area (Å²) in [7, 11) is 1.30. The third-order valence-corrected chi connectivity index (χ3v) is 2.83. The smallest absolute Gasteiger partial charge is 0.343 e. The van der Waals surface area contributed by atoms with Crippen LogP contribution in [0.4, 0.5) is 5.69 Å². The van der Waals surface area contributed by atoms with E-state index >= 15 is 0 Å². The van der Waals surface area contributed by atoms with Gasteiger partial charge in [0.1, 0.15) is 5.75 Å². The highest BCUT2D eigenvalue weighted by Gasteiger charge is 2.09. The van der Waals surface area contributed by atoms with E-state index in [2.05, 4.69) is 10.1 Å². The van der Waals surface area contributed by atoms with E-state index in [1.807, 2.05) is 6.92 Å². The van der Waals surface area contributed by atoms with Crippen molar-refractivity contribution in [2.24, 2.45) is 5.73 Å². The van der Waals surface area contributed by atoms with Crippen molar-refractivity contribution >= 4 is 17.6 Å². The number of ether oxygens (including phenoxy) is 2. The molecule has 3 N–H and O–H groups in total. The first kappa shape index (κ1) is 17.0. The van der Waals surface area contributed by atoms with Gasteiger partial charge >= 0.3 is 5.97 Å². The maximum Gasteiger partial charge on any atom is 0.343 e. The van der Waals surface area contributed by atoms with Gasteiger partial charge in [0.2, 0.25) is 5.91 Å². The molecule has 6 heteroatoms. The van der Waals surface area contributed by atoms with E-state index in [4.69, 9.17) is 10.5 Å². The maximum atomic E-state index is 11.8. The average Bonchev–Trinajstić information content (AvgIpc) is 2.46. The first-order chi connectivity index (χ1) is 10.0. The summed E-state index contributed by atoms with van der Waals surface area (Å²) >= 11 is 0. The molecule has 1 unspecified atom stereocenters. The third-order valence-electron chi connectivity index (χ3n) is 2.83. The quantitative estimate of drug-likeness (QED) is 0.712. The number of benzene rings is 1. The number of carbonyl (C=O) groups excluding carboxylic acids is 2. The van der Waals surface area contributed by atoms with E-state index in [9.17, 15) is 9.59 Å². The Hall–Kier alpha value is -2.08. The number of nitrogens with two attached hydrogens (primary N) is 1. The van der Waals surface area contributed by atoms with Gasteiger partial charge in [0.25, 0.3) is 0 Å². The number of anilines is 1. The molecule has 0 bridgehead atoms. The molecule has 1 rings (SSSR count). The topological polar surface area (TPSA) is 90.7 Å². The van der Waals surface area contributed by atoms with E-state index in [0.29, 0.717) is 17.9 Å². The molecule has 1 aromatic carbocycles. The molecule has 1 amide bonds. The van der Waals surface area contributed by atoms with Gasteiger partial charge in [-0.1, -0.05) is 13.3 Å². The molecule has 0 saturated carbocycles. The molecule has 21 heavy (non-hydrogen) atoms. The zero-order valence-corrected chi connectivity index (χ0v) is 12.4. The van der Waals surface area contributed by atoms with Gasteiger partial charge < -0.3 is 20.5 Å². The van der Waals surface area contributed by atoms with Crippen molar-refractivity contribution in [3.63, 3.8) is 0 Å². The molecule has 0 saturated heterocycles. The second-order valence-electron chi connectivity index (χ2n) is 4.69. The van der Waals surface area contributed by atoms with Gasteiger partial charge in [0.15, 0.2) is 6.61 Å². The van der Waals surface area contributed by atoms with Crippen LogP contribution in [0.3, 0.4) is 0 Å². The van der Waals surface area contributed by atoms with Gasteiger partial charge in [0, 0.05) is 18.2 Å². The van der Waals surface area contributed by atoms with Crippen molar-refractivity contribution in [2.45, 2.75) is 32.2 Å². The normalized spacial score (nSPS) is 11.6. The molecule has 116 valence electrons. The van der Waals surface area contributed by atoms with Gasteiger partial charge in [-0.05, 0) is 30.7 Å². The summed E-state index contributed by atoms with van der Waals surface area (Å²) in [5.41, 5.74) is 6.48. The SMILES string of the molecule is CCCC(N)CC(=O)Nc1ccc(OCC(=O)OC)cc1. The molecule has 0 aliphatic carbocycles. The molecule has 0 aliphatic rings. The van der Waals surface area contributed by atoms with Crippen LogP contribution < -0.4 is 15.8 Å². The third kappa shape index (κ3) is 6.76. The minimum Gasteiger partial charge on any atom is -0.482 e. The predicted molar refractivity (Wildman–Crippen MR) is 80.1 cm³/mol. The van der Waals surface area contributed by atoms with Crippen LogP contribution in [0.5, 0.6) is 5.75 Å². The lowest BCUT2D eigenvalue weighted by Gasteiger charge is -2.11. The van der Waals surface area contributed by atoms with Crippen LogP contribution in [-0.4, -0.2) is 31.6 Å². The molecular weight excluding hydrogens is 272 g/mol. The molecule has 1 aromatic rings. The number of hydrogen-bond acceptors (Lipinski definition) is 5. The summed E-state index contributed by atoms with van der Waals surface area (Å²) in [6.45, 7) is 1.89. The molecular formula is C15H22N2O4. The molecule has 0 radical (unpaired) electrons. The fraction of sp³-hybridized carbons (Fsp3) is 0.467. The van der Waals surface area contributed by atoms with Gasteiger partial charge in [-0.2, -0.15) is 0 Å². The van der Waals surface area contributed by atoms with Crippen molar-refractivity contribution in [3.8, 4) is 5.75 Å². The Balaban J connectivity index is 2.43. The summed E-state index contributed by atoms with van der Waals surface area (Å²) in [4.78, 5) is 22.7. The fourth-order valence-electron chi connectivity index (χ4n) is 1.76. The summed E-state index contributed by atoms with van der Waals surface area (Å²) in [6, 6.07) is 6.64. The van der Waals surface area contributed by atoms with E-state index in [0.717, 1.165) is 12.8 Å². The largest absolute Gasteiger partial charge is 0.482 e. The Morgan fingerprint density at radius 1 is 1.29 bits per heavy atom. The molecule has 0 aromatic heterocycles. The number of amides is 1. The molecule has 1 atom stereocenters. The van der Waals surface area contributed by atoms with Crippen LogP contribution in [0, 0.1) is 0 Å². The van der Waals surface area contributed by atoms with Crippen molar-refractivity contribution in [3.05, 3.63) is 24.3 Å². The van der Waals surface area contributed by atoms with Crippen LogP contribution in [0.15, 0.2) is 24.3 Å². The van der Waals surface area contributed by atoms with E-state index < -0.39 is 5.97 Å². The Labute approximate surface area is 124 Å². The van der Waals surface area contributed by atoms with Crippen molar-refractivity contribution in [1.82, 2.24) is 0 Å². The summed E-state index contributed by atoms with van der Waals surface area (Å²) in [5, 5.41) is 2.77. The Bertz CT molecular complexity index is 459. The first-order valence-corrected chi connectivity index (χ1v) is 6.90. The highest BCUT2D eigenvalue weighted by Crippen LogP contribution is 2.16. The Kier molecular flexibility index (Phi) is 7.25. The van der Waals surface area contributed by atoms with Crippen LogP contribution in [0.1, 0.15) is 26.2 Å². The molecule has 0 heterocycles. The van der Waals surface area contributed by atoms with E-state index in [-0.39, 0.29) is 18.6 Å². The van der Waals surface area contributed by atoms with Gasteiger partial charge in [-0.3, -0.25) is 4.79 Å². The molecule has 0 fully saturated rings. The van der Waals surface area contributed by atoms with Gasteiger partial charge in [-0.15, -0.1) is 0 Å². The number of methoxy groups -OCH3 is 1. The van der Waals surface area contributed by atoms with Crippen LogP contribution in [0.2, 0.25) is 0 Å². The maximum absolute atomic E-state index is 11.8. The van der Waals surface area contributed by atoms with Crippen molar-refractivity contribution in [2.75, 3.05) is 19.0 Å². The van der Waals surface area contributed by atoms with Crippen LogP contribution >= 0.6 is 0 Å². The van der Waals surface area contributed by atoms with Crippen molar-refractivity contribution in [1.29, 1.82) is 0 Å². The van der Waals surface area contributed by atoms with Crippen molar-refractivity contribution < 1.29 is 19.1 Å². The summed E-state index contributed by atoms with van der Waals surface area (Å²) in [6.07, 6.45) is 2.09. The zero-order valence-electron chi connectivity index (χ0n) is 12.4. The highest BCUT2D eigenvalue weighted by atomic mass is 16.6. The predicted octanol–water partition coefficient (Wildman–Crippen LogP) is 1.69. The monoisotopic (exact) mass is 294 g/mol. The standard InChI is InChI=1S/C15H22N2O4/c1-3-4-11(16)9-14(18)17-12-5-7-13(8-6-12)21-10-15(19)20-2/h5-8,11H,3-4,9-10,16H2,1-2H3,(H,17,18).